The fraction of sp³-hybridized carbons (Fsp3) is 0.467. The van der Waals surface area contributed by atoms with Gasteiger partial charge < -0.3 is 20.5 Å². The van der Waals surface area contributed by atoms with Gasteiger partial charge in [-0.05, 0) is 42.9 Å². The van der Waals surface area contributed by atoms with Gasteiger partial charge in [0.15, 0.2) is 33.1 Å². The molecule has 11 nitrogen and oxygen atoms in total. The molecule has 0 aromatic heterocycles. The molecule has 4 rings (SSSR count). The number of ether oxygens (including phenoxy) is 1. The molecule has 1 heterocycles. The van der Waals surface area contributed by atoms with Gasteiger partial charge >= 0.3 is 6.09 Å². The topological polar surface area (TPSA) is 159 Å². The largest absolute Gasteiger partial charge is 0.453 e. The van der Waals surface area contributed by atoms with E-state index in [1.807, 2.05) is 0 Å². The number of hydrogen-bond donors (Lipinski definition) is 3. The molecule has 3 amide bonds. The van der Waals surface area contributed by atoms with E-state index < -0.39 is 79.6 Å². The van der Waals surface area contributed by atoms with Gasteiger partial charge in [-0.15, -0.1) is 0 Å². The highest BCUT2D eigenvalue weighted by Crippen LogP contribution is 2.44. The zero-order chi connectivity index (χ0) is 34.1. The molecule has 46 heavy (non-hydrogen) atoms. The first-order valence-corrected chi connectivity index (χ1v) is 16.3. The second-order valence-corrected chi connectivity index (χ2v) is 14.2. The Balaban J connectivity index is 1.51. The number of carbonyl (C=O) groups excluding carboxylic acids is 4. The molecule has 16 heteroatoms. The number of aliphatic hydroxyl groups is 1. The molecule has 1 aliphatic heterocycles. The second kappa shape index (κ2) is 13.6. The molecule has 0 spiro atoms. The first kappa shape index (κ1) is 35.2. The zero-order valence-electron chi connectivity index (χ0n) is 25.1. The van der Waals surface area contributed by atoms with Crippen molar-refractivity contribution in [3.8, 4) is 0 Å². The van der Waals surface area contributed by atoms with Gasteiger partial charge in [0.25, 0.3) is 5.91 Å². The Hall–Kier alpha value is -3.69. The number of methoxy groups -OCH3 is 1. The molecule has 0 radical (unpaired) electrons. The number of Topliss-reactive ketones (excluding diaryl/α,β-unsaturated/α-hetero) is 1. The third kappa shape index (κ3) is 6.86. The van der Waals surface area contributed by atoms with E-state index in [4.69, 9.17) is 11.6 Å². The Morgan fingerprint density at radius 1 is 1.13 bits per heavy atom. The lowest BCUT2D eigenvalue weighted by atomic mass is 9.67. The van der Waals surface area contributed by atoms with Crippen LogP contribution in [0.15, 0.2) is 35.2 Å². The summed E-state index contributed by atoms with van der Waals surface area (Å²) in [4.78, 5) is 50.4. The Morgan fingerprint density at radius 3 is 2.39 bits per heavy atom. The maximum Gasteiger partial charge on any atom is 0.410 e. The first-order valence-electron chi connectivity index (χ1n) is 14.4. The van der Waals surface area contributed by atoms with Crippen molar-refractivity contribution in [2.24, 2.45) is 11.8 Å². The fourth-order valence-electron chi connectivity index (χ4n) is 6.16. The molecule has 1 saturated carbocycles. The lowest BCUT2D eigenvalue weighted by Crippen LogP contribution is -2.59. The van der Waals surface area contributed by atoms with Gasteiger partial charge in [0, 0.05) is 36.3 Å². The highest BCUT2D eigenvalue weighted by atomic mass is 35.5. The minimum atomic E-state index is -4.21. The summed E-state index contributed by atoms with van der Waals surface area (Å²) in [6.45, 7) is 2.85. The van der Waals surface area contributed by atoms with Crippen molar-refractivity contribution < 1.29 is 50.6 Å². The summed E-state index contributed by atoms with van der Waals surface area (Å²) in [7, 11) is -3.09. The standard InChI is InChI=1S/C30H33ClF3N3O8S/c1-4-17-9-20(7-15(2)30(17,42)14-35-28(40)24-12-19(38)13-37(24)29(41)45-3)46(43,44)25-8-16(5-6-21(25)31)27(39)36-18-10-22(32)26(34)23(33)11-18/h5-6,8,10-11,15,17,20,24,42H,4,7,9,12-14H2,1-3H3,(H,35,40)(H,36,39)/t15-,17?,20-,24-,30-/m0/s1. The monoisotopic (exact) mass is 687 g/mol. The van der Waals surface area contributed by atoms with Gasteiger partial charge in [-0.2, -0.15) is 0 Å². The average Bonchev–Trinajstić information content (AvgIpc) is 3.41. The molecule has 0 bridgehead atoms. The fourth-order valence-corrected chi connectivity index (χ4v) is 8.62. The lowest BCUT2D eigenvalue weighted by Gasteiger charge is -2.47. The minimum absolute atomic E-state index is 0.0212. The van der Waals surface area contributed by atoms with E-state index in [9.17, 15) is 45.9 Å². The van der Waals surface area contributed by atoms with Crippen LogP contribution < -0.4 is 10.6 Å². The molecular weight excluding hydrogens is 655 g/mol. The van der Waals surface area contributed by atoms with E-state index in [0.717, 1.165) is 18.1 Å². The van der Waals surface area contributed by atoms with Gasteiger partial charge in [-0.25, -0.2) is 26.4 Å². The highest BCUT2D eigenvalue weighted by Gasteiger charge is 2.50. The van der Waals surface area contributed by atoms with Crippen molar-refractivity contribution in [2.45, 2.75) is 61.3 Å². The van der Waals surface area contributed by atoms with Gasteiger partial charge in [0.05, 0.1) is 34.4 Å². The first-order chi connectivity index (χ1) is 21.5. The number of anilines is 1. The van der Waals surface area contributed by atoms with Crippen LogP contribution >= 0.6 is 11.6 Å². The van der Waals surface area contributed by atoms with Gasteiger partial charge in [0.1, 0.15) is 6.04 Å². The molecular formula is C30H33ClF3N3O8S. The summed E-state index contributed by atoms with van der Waals surface area (Å²) in [5.74, 6) is -7.96. The Labute approximate surface area is 268 Å². The number of benzene rings is 2. The van der Waals surface area contributed by atoms with Crippen LogP contribution in [0, 0.1) is 29.3 Å². The van der Waals surface area contributed by atoms with Crippen LogP contribution in [0.3, 0.4) is 0 Å². The number of amides is 3. The van der Waals surface area contributed by atoms with E-state index in [1.54, 1.807) is 13.8 Å². The summed E-state index contributed by atoms with van der Waals surface area (Å²) in [5, 5.41) is 15.4. The zero-order valence-corrected chi connectivity index (χ0v) is 26.7. The molecule has 2 aromatic carbocycles. The van der Waals surface area contributed by atoms with Crippen LogP contribution in [0.4, 0.5) is 23.7 Å². The summed E-state index contributed by atoms with van der Waals surface area (Å²) in [6, 6.07) is 3.48. The number of nitrogens with one attached hydrogen (secondary N) is 2. The van der Waals surface area contributed by atoms with Crippen LogP contribution in [-0.4, -0.2) is 79.2 Å². The Morgan fingerprint density at radius 2 is 1.78 bits per heavy atom. The van der Waals surface area contributed by atoms with Crippen molar-refractivity contribution in [1.82, 2.24) is 10.2 Å². The van der Waals surface area contributed by atoms with Crippen LogP contribution in [0.1, 0.15) is 49.9 Å². The van der Waals surface area contributed by atoms with Crippen LogP contribution in [0.2, 0.25) is 5.02 Å². The number of sulfone groups is 1. The molecule has 5 atom stereocenters. The molecule has 1 aliphatic carbocycles. The van der Waals surface area contributed by atoms with E-state index >= 15 is 0 Å². The number of nitrogens with zero attached hydrogens (tertiary/aromatic N) is 1. The smallest absolute Gasteiger partial charge is 0.410 e. The second-order valence-electron chi connectivity index (χ2n) is 11.6. The van der Waals surface area contributed by atoms with Crippen LogP contribution in [0.25, 0.3) is 0 Å². The predicted molar refractivity (Wildman–Crippen MR) is 159 cm³/mol. The average molecular weight is 688 g/mol. The Bertz CT molecular complexity index is 1650. The van der Waals surface area contributed by atoms with Gasteiger partial charge in [0.2, 0.25) is 5.91 Å². The molecule has 3 N–H and O–H groups in total. The molecule has 2 aliphatic rings. The lowest BCUT2D eigenvalue weighted by molar-refractivity contribution is -0.130. The Kier molecular flexibility index (Phi) is 10.4. The van der Waals surface area contributed by atoms with E-state index in [0.29, 0.717) is 18.6 Å². The third-order valence-electron chi connectivity index (χ3n) is 8.80. The number of likely N-dealkylation sites (tertiary alicyclic amines) is 1. The molecule has 1 unspecified atom stereocenters. The van der Waals surface area contributed by atoms with Crippen LogP contribution in [-0.2, 0) is 24.2 Å². The number of ketones is 1. The normalized spacial score (nSPS) is 24.9. The SMILES string of the molecule is CCC1C[C@@H](S(=O)(=O)c2cc(C(=O)Nc3cc(F)c(F)c(F)c3)ccc2Cl)C[C@H](C)[C@@]1(O)CNC(=O)[C@@H]1CC(=O)CN1C(=O)OC. The number of hydrogen-bond acceptors (Lipinski definition) is 8. The van der Waals surface area contributed by atoms with Crippen LogP contribution in [0.5, 0.6) is 0 Å². The summed E-state index contributed by atoms with van der Waals surface area (Å²) >= 11 is 6.28. The number of carbonyl (C=O) groups is 4. The van der Waals surface area contributed by atoms with E-state index in [2.05, 4.69) is 15.4 Å². The third-order valence-corrected chi connectivity index (χ3v) is 11.5. The van der Waals surface area contributed by atoms with Crippen molar-refractivity contribution in [3.05, 3.63) is 58.4 Å². The van der Waals surface area contributed by atoms with Crippen molar-refractivity contribution >= 4 is 50.8 Å². The molecule has 250 valence electrons. The minimum Gasteiger partial charge on any atom is -0.453 e. The van der Waals surface area contributed by atoms with Gasteiger partial charge in [-0.1, -0.05) is 31.9 Å². The maximum absolute atomic E-state index is 13.9. The summed E-state index contributed by atoms with van der Waals surface area (Å²) < 4.78 is 73.0. The summed E-state index contributed by atoms with van der Waals surface area (Å²) in [5.41, 5.74) is -2.13. The summed E-state index contributed by atoms with van der Waals surface area (Å²) in [6.07, 6.45) is -0.773. The molecule has 2 fully saturated rings. The molecule has 2 aromatic rings. The maximum atomic E-state index is 13.9. The van der Waals surface area contributed by atoms with Crippen molar-refractivity contribution in [2.75, 3.05) is 25.5 Å². The van der Waals surface area contributed by atoms with E-state index in [-0.39, 0.29) is 53.6 Å². The number of halogens is 4. The highest BCUT2D eigenvalue weighted by molar-refractivity contribution is 7.92. The van der Waals surface area contributed by atoms with Crippen molar-refractivity contribution in [1.29, 1.82) is 0 Å². The van der Waals surface area contributed by atoms with Gasteiger partial charge in [-0.3, -0.25) is 19.3 Å². The quantitative estimate of drug-likeness (QED) is 0.353. The number of rotatable bonds is 8. The van der Waals surface area contributed by atoms with E-state index in [1.165, 1.54) is 12.1 Å². The molecule has 1 saturated heterocycles. The predicted octanol–water partition coefficient (Wildman–Crippen LogP) is 3.87. The van der Waals surface area contributed by atoms with Crippen molar-refractivity contribution in [3.63, 3.8) is 0 Å².